The number of esters is 2. The number of allylic oxidation sites excluding steroid dienone is 2. The van der Waals surface area contributed by atoms with E-state index < -0.39 is 35.3 Å². The van der Waals surface area contributed by atoms with Crippen molar-refractivity contribution in [2.75, 3.05) is 0 Å². The number of carbonyl (C=O) groups is 2. The fourth-order valence-corrected chi connectivity index (χ4v) is 1.56. The molecule has 21 heavy (non-hydrogen) atoms. The molecule has 0 aromatic rings. The van der Waals surface area contributed by atoms with Gasteiger partial charge in [0.15, 0.2) is 0 Å². The standard InChI is InChI=1S/C15H23NO5/c1-10(2)15(19,13(18)21-14(3,4)5)20-12(17)11-8-6-7-9-16-11/h6-11,16,19H,1-5H3/t11-,15-/m1/s1. The van der Waals surface area contributed by atoms with E-state index in [1.807, 2.05) is 0 Å². The van der Waals surface area contributed by atoms with E-state index in [1.165, 1.54) is 0 Å². The zero-order valence-electron chi connectivity index (χ0n) is 13.0. The van der Waals surface area contributed by atoms with Gasteiger partial charge < -0.3 is 19.9 Å². The average Bonchev–Trinajstić information content (AvgIpc) is 2.37. The van der Waals surface area contributed by atoms with Gasteiger partial charge in [-0.2, -0.15) is 0 Å². The van der Waals surface area contributed by atoms with E-state index >= 15 is 0 Å². The second-order valence-corrected chi connectivity index (χ2v) is 6.16. The van der Waals surface area contributed by atoms with Crippen molar-refractivity contribution >= 4 is 11.9 Å². The zero-order valence-corrected chi connectivity index (χ0v) is 13.0. The first-order valence-corrected chi connectivity index (χ1v) is 6.84. The third-order valence-electron chi connectivity index (χ3n) is 2.77. The van der Waals surface area contributed by atoms with Gasteiger partial charge in [0.1, 0.15) is 11.6 Å². The highest BCUT2D eigenvalue weighted by molar-refractivity contribution is 5.85. The second-order valence-electron chi connectivity index (χ2n) is 6.16. The highest BCUT2D eigenvalue weighted by Crippen LogP contribution is 2.24. The smallest absolute Gasteiger partial charge is 0.380 e. The Kier molecular flexibility index (Phi) is 5.17. The third kappa shape index (κ3) is 4.60. The first-order chi connectivity index (χ1) is 9.56. The summed E-state index contributed by atoms with van der Waals surface area (Å²) < 4.78 is 10.2. The van der Waals surface area contributed by atoms with Gasteiger partial charge >= 0.3 is 17.7 Å². The molecule has 0 saturated carbocycles. The number of hydrogen-bond acceptors (Lipinski definition) is 6. The van der Waals surface area contributed by atoms with Crippen molar-refractivity contribution in [2.24, 2.45) is 5.92 Å². The lowest BCUT2D eigenvalue weighted by atomic mass is 10.0. The van der Waals surface area contributed by atoms with E-state index in [2.05, 4.69) is 5.32 Å². The highest BCUT2D eigenvalue weighted by atomic mass is 16.7. The maximum absolute atomic E-state index is 12.1. The molecule has 2 N–H and O–H groups in total. The fourth-order valence-electron chi connectivity index (χ4n) is 1.56. The van der Waals surface area contributed by atoms with Crippen molar-refractivity contribution in [3.05, 3.63) is 24.4 Å². The fraction of sp³-hybridized carbons (Fsp3) is 0.600. The molecule has 0 aromatic heterocycles. The van der Waals surface area contributed by atoms with Gasteiger partial charge in [0.25, 0.3) is 0 Å². The van der Waals surface area contributed by atoms with Crippen LogP contribution in [-0.2, 0) is 19.1 Å². The normalized spacial score (nSPS) is 20.6. The molecule has 1 aliphatic rings. The number of rotatable bonds is 4. The van der Waals surface area contributed by atoms with E-state index in [9.17, 15) is 14.7 Å². The van der Waals surface area contributed by atoms with Crippen molar-refractivity contribution in [1.29, 1.82) is 0 Å². The van der Waals surface area contributed by atoms with Gasteiger partial charge in [-0.25, -0.2) is 9.59 Å². The van der Waals surface area contributed by atoms with Crippen LogP contribution in [0.15, 0.2) is 24.4 Å². The highest BCUT2D eigenvalue weighted by Gasteiger charge is 2.47. The monoisotopic (exact) mass is 297 g/mol. The summed E-state index contributed by atoms with van der Waals surface area (Å²) in [7, 11) is 0. The summed E-state index contributed by atoms with van der Waals surface area (Å²) in [5, 5.41) is 13.2. The number of hydrogen-bond donors (Lipinski definition) is 2. The molecule has 1 aliphatic heterocycles. The quantitative estimate of drug-likeness (QED) is 0.600. The van der Waals surface area contributed by atoms with Crippen LogP contribution in [0.2, 0.25) is 0 Å². The Morgan fingerprint density at radius 3 is 2.24 bits per heavy atom. The molecule has 0 aromatic carbocycles. The average molecular weight is 297 g/mol. The molecule has 0 amide bonds. The van der Waals surface area contributed by atoms with Crippen LogP contribution in [0.4, 0.5) is 0 Å². The summed E-state index contributed by atoms with van der Waals surface area (Å²) in [6.45, 7) is 8.15. The van der Waals surface area contributed by atoms with Crippen LogP contribution < -0.4 is 5.32 Å². The van der Waals surface area contributed by atoms with E-state index in [-0.39, 0.29) is 0 Å². The first kappa shape index (κ1) is 17.2. The van der Waals surface area contributed by atoms with E-state index in [0.29, 0.717) is 0 Å². The lowest BCUT2D eigenvalue weighted by molar-refractivity contribution is -0.247. The van der Waals surface area contributed by atoms with E-state index in [4.69, 9.17) is 9.47 Å². The van der Waals surface area contributed by atoms with Crippen LogP contribution in [0.25, 0.3) is 0 Å². The minimum absolute atomic E-state index is 0.653. The van der Waals surface area contributed by atoms with E-state index in [0.717, 1.165) is 0 Å². The number of aliphatic hydroxyl groups is 1. The first-order valence-electron chi connectivity index (χ1n) is 6.84. The molecule has 0 radical (unpaired) electrons. The molecular formula is C15H23NO5. The van der Waals surface area contributed by atoms with Crippen molar-refractivity contribution in [1.82, 2.24) is 5.32 Å². The van der Waals surface area contributed by atoms with Crippen molar-refractivity contribution in [3.63, 3.8) is 0 Å². The molecular weight excluding hydrogens is 274 g/mol. The Hall–Kier alpha value is -1.82. The molecule has 0 spiro atoms. The summed E-state index contributed by atoms with van der Waals surface area (Å²) in [6.07, 6.45) is 6.53. The topological polar surface area (TPSA) is 84.9 Å². The Balaban J connectivity index is 2.85. The molecule has 1 rings (SSSR count). The van der Waals surface area contributed by atoms with Gasteiger partial charge in [-0.05, 0) is 33.0 Å². The largest absolute Gasteiger partial charge is 0.455 e. The molecule has 2 atom stereocenters. The third-order valence-corrected chi connectivity index (χ3v) is 2.77. The zero-order chi connectivity index (χ0) is 16.3. The van der Waals surface area contributed by atoms with Crippen molar-refractivity contribution < 1.29 is 24.2 Å². The number of nitrogens with one attached hydrogen (secondary N) is 1. The lowest BCUT2D eigenvalue weighted by Gasteiger charge is -2.33. The van der Waals surface area contributed by atoms with Gasteiger partial charge in [0.05, 0.1) is 0 Å². The summed E-state index contributed by atoms with van der Waals surface area (Å²) in [4.78, 5) is 24.2. The minimum Gasteiger partial charge on any atom is -0.455 e. The van der Waals surface area contributed by atoms with Crippen molar-refractivity contribution in [3.8, 4) is 0 Å². The van der Waals surface area contributed by atoms with Crippen LogP contribution in [0.3, 0.4) is 0 Å². The summed E-state index contributed by atoms with van der Waals surface area (Å²) in [6, 6.07) is -0.747. The minimum atomic E-state index is -2.32. The molecule has 0 bridgehead atoms. The molecule has 0 unspecified atom stereocenters. The molecule has 118 valence electrons. The van der Waals surface area contributed by atoms with Crippen LogP contribution in [0.5, 0.6) is 0 Å². The second kappa shape index (κ2) is 6.30. The van der Waals surface area contributed by atoms with Crippen LogP contribution in [0, 0.1) is 5.92 Å². The number of carbonyl (C=O) groups excluding carboxylic acids is 2. The van der Waals surface area contributed by atoms with Crippen LogP contribution in [0.1, 0.15) is 34.6 Å². The van der Waals surface area contributed by atoms with Gasteiger partial charge in [-0.15, -0.1) is 0 Å². The predicted molar refractivity (Wildman–Crippen MR) is 76.9 cm³/mol. The summed E-state index contributed by atoms with van der Waals surface area (Å²) >= 11 is 0. The predicted octanol–water partition coefficient (Wildman–Crippen LogP) is 1.26. The molecule has 6 nitrogen and oxygen atoms in total. The SMILES string of the molecule is CC(C)[C@@](O)(OC(=O)[C@H]1C=CC=CN1)C(=O)OC(C)(C)C. The molecule has 0 aliphatic carbocycles. The van der Waals surface area contributed by atoms with Gasteiger partial charge in [0.2, 0.25) is 0 Å². The van der Waals surface area contributed by atoms with Crippen LogP contribution in [-0.4, -0.2) is 34.5 Å². The molecule has 1 heterocycles. The summed E-state index contributed by atoms with van der Waals surface area (Å²) in [5.74, 6) is -4.70. The Morgan fingerprint density at radius 1 is 1.19 bits per heavy atom. The Labute approximate surface area is 124 Å². The number of ether oxygens (including phenoxy) is 2. The Bertz CT molecular complexity index is 461. The lowest BCUT2D eigenvalue weighted by Crippen LogP contribution is -2.53. The molecule has 0 fully saturated rings. The van der Waals surface area contributed by atoms with Gasteiger partial charge in [-0.3, -0.25) is 0 Å². The maximum atomic E-state index is 12.1. The molecule has 6 heteroatoms. The Morgan fingerprint density at radius 2 is 1.81 bits per heavy atom. The van der Waals surface area contributed by atoms with Gasteiger partial charge in [0, 0.05) is 5.92 Å². The summed E-state index contributed by atoms with van der Waals surface area (Å²) in [5.41, 5.74) is -0.794. The van der Waals surface area contributed by atoms with Crippen LogP contribution >= 0.6 is 0 Å². The van der Waals surface area contributed by atoms with Gasteiger partial charge in [-0.1, -0.05) is 26.0 Å². The molecule has 0 saturated heterocycles. The number of dihydropyridines is 1. The van der Waals surface area contributed by atoms with E-state index in [1.54, 1.807) is 59.0 Å². The maximum Gasteiger partial charge on any atom is 0.380 e. The van der Waals surface area contributed by atoms with Crippen molar-refractivity contribution in [2.45, 2.75) is 52.0 Å².